The largest absolute Gasteiger partial charge is 0.384 e. The van der Waals surface area contributed by atoms with Gasteiger partial charge in [-0.2, -0.15) is 0 Å². The summed E-state index contributed by atoms with van der Waals surface area (Å²) in [5.74, 6) is 0. The van der Waals surface area contributed by atoms with Crippen LogP contribution in [0, 0.1) is 6.92 Å². The molecule has 20 heavy (non-hydrogen) atoms. The van der Waals surface area contributed by atoms with Gasteiger partial charge in [-0.15, -0.1) is 0 Å². The summed E-state index contributed by atoms with van der Waals surface area (Å²) in [5.41, 5.74) is 5.94. The summed E-state index contributed by atoms with van der Waals surface area (Å²) >= 11 is 3.59. The average Bonchev–Trinajstić information content (AvgIpc) is 2.44. The highest BCUT2D eigenvalue weighted by Gasteiger charge is 2.19. The first-order chi connectivity index (χ1) is 9.70. The average molecular weight is 335 g/mol. The molecule has 0 spiro atoms. The van der Waals surface area contributed by atoms with Gasteiger partial charge >= 0.3 is 0 Å². The fraction of sp³-hybridized carbons (Fsp3) is 0.438. The summed E-state index contributed by atoms with van der Waals surface area (Å²) in [5, 5.41) is 4.77. The Hall–Kier alpha value is -1.13. The van der Waals surface area contributed by atoms with Crippen LogP contribution in [0.15, 0.2) is 16.6 Å². The lowest BCUT2D eigenvalue weighted by atomic mass is 10.0. The summed E-state index contributed by atoms with van der Waals surface area (Å²) < 4.78 is 6.73. The molecule has 0 saturated heterocycles. The molecule has 3 rings (SSSR count). The molecule has 0 saturated carbocycles. The topological polar surface area (TPSA) is 34.2 Å². The molecule has 1 aromatic heterocycles. The van der Waals surface area contributed by atoms with Gasteiger partial charge in [0.2, 0.25) is 0 Å². The van der Waals surface area contributed by atoms with Gasteiger partial charge in [-0.25, -0.2) is 0 Å². The third-order valence-electron chi connectivity index (χ3n) is 3.71. The molecule has 106 valence electrons. The first-order valence-electron chi connectivity index (χ1n) is 7.14. The molecule has 0 atom stereocenters. The Morgan fingerprint density at radius 3 is 3.05 bits per heavy atom. The van der Waals surface area contributed by atoms with Crippen LogP contribution in [0.3, 0.4) is 0 Å². The summed E-state index contributed by atoms with van der Waals surface area (Å²) in [6.07, 6.45) is 2.01. The van der Waals surface area contributed by atoms with Crippen LogP contribution in [0.1, 0.15) is 30.2 Å². The molecule has 2 heterocycles. The summed E-state index contributed by atoms with van der Waals surface area (Å²) in [6, 6.07) is 4.28. The van der Waals surface area contributed by atoms with E-state index in [2.05, 4.69) is 47.2 Å². The van der Waals surface area contributed by atoms with E-state index in [4.69, 9.17) is 9.72 Å². The first kappa shape index (κ1) is 13.8. The number of aryl methyl sites for hydroxylation is 1. The number of hydrogen-bond donors (Lipinski definition) is 1. The minimum atomic E-state index is 0.663. The first-order valence-corrected chi connectivity index (χ1v) is 7.93. The van der Waals surface area contributed by atoms with Crippen molar-refractivity contribution in [3.8, 4) is 0 Å². The Morgan fingerprint density at radius 2 is 2.25 bits per heavy atom. The van der Waals surface area contributed by atoms with Gasteiger partial charge in [-0.05, 0) is 31.0 Å². The fourth-order valence-electron chi connectivity index (χ4n) is 2.74. The summed E-state index contributed by atoms with van der Waals surface area (Å²) in [7, 11) is 0. The molecule has 0 bridgehead atoms. The molecule has 0 aliphatic carbocycles. The molecule has 0 radical (unpaired) electrons. The molecule has 0 unspecified atom stereocenters. The molecule has 0 amide bonds. The minimum absolute atomic E-state index is 0.663. The number of nitrogens with zero attached hydrogens (tertiary/aromatic N) is 1. The minimum Gasteiger partial charge on any atom is -0.384 e. The zero-order valence-electron chi connectivity index (χ0n) is 11.9. The lowest BCUT2D eigenvalue weighted by molar-refractivity contribution is 0.110. The number of fused-ring (bicyclic) bond motifs is 2. The van der Waals surface area contributed by atoms with Crippen LogP contribution < -0.4 is 5.32 Å². The van der Waals surface area contributed by atoms with Crippen molar-refractivity contribution in [2.45, 2.75) is 33.3 Å². The molecule has 0 fully saturated rings. The van der Waals surface area contributed by atoms with E-state index >= 15 is 0 Å². The maximum absolute atomic E-state index is 5.63. The standard InChI is InChI=1S/C16H19BrN2O/c1-3-5-18-16-12-8-11(17)7-10(2)15(12)19-14-4-6-20-9-13(14)16/h7-8H,3-6,9H2,1-2H3,(H,18,19). The normalized spacial score (nSPS) is 14.3. The van der Waals surface area contributed by atoms with Crippen LogP contribution >= 0.6 is 15.9 Å². The highest BCUT2D eigenvalue weighted by molar-refractivity contribution is 9.10. The van der Waals surface area contributed by atoms with Crippen LogP contribution in [0.25, 0.3) is 10.9 Å². The number of nitrogens with one attached hydrogen (secondary N) is 1. The van der Waals surface area contributed by atoms with Crippen molar-refractivity contribution < 1.29 is 4.74 Å². The Labute approximate surface area is 127 Å². The van der Waals surface area contributed by atoms with Gasteiger partial charge < -0.3 is 10.1 Å². The van der Waals surface area contributed by atoms with Gasteiger partial charge in [-0.1, -0.05) is 22.9 Å². The lowest BCUT2D eigenvalue weighted by Crippen LogP contribution is -2.16. The van der Waals surface area contributed by atoms with Crippen molar-refractivity contribution in [2.24, 2.45) is 0 Å². The van der Waals surface area contributed by atoms with Crippen LogP contribution in [0.4, 0.5) is 5.69 Å². The van der Waals surface area contributed by atoms with Crippen LogP contribution in [-0.4, -0.2) is 18.1 Å². The van der Waals surface area contributed by atoms with Crippen molar-refractivity contribution in [1.29, 1.82) is 0 Å². The number of benzene rings is 1. The molecule has 1 aliphatic heterocycles. The molecule has 2 aromatic rings. The molecule has 1 aliphatic rings. The van der Waals surface area contributed by atoms with Crippen LogP contribution in [0.5, 0.6) is 0 Å². The van der Waals surface area contributed by atoms with E-state index in [9.17, 15) is 0 Å². The third-order valence-corrected chi connectivity index (χ3v) is 4.17. The van der Waals surface area contributed by atoms with Gasteiger partial charge in [0, 0.05) is 28.4 Å². The molecule has 3 nitrogen and oxygen atoms in total. The summed E-state index contributed by atoms with van der Waals surface area (Å²) in [6.45, 7) is 6.71. The predicted molar refractivity (Wildman–Crippen MR) is 86.3 cm³/mol. The number of halogens is 1. The van der Waals surface area contributed by atoms with Crippen molar-refractivity contribution in [3.05, 3.63) is 33.4 Å². The highest BCUT2D eigenvalue weighted by atomic mass is 79.9. The third kappa shape index (κ3) is 2.42. The lowest BCUT2D eigenvalue weighted by Gasteiger charge is -2.22. The number of aromatic nitrogens is 1. The van der Waals surface area contributed by atoms with Crippen molar-refractivity contribution in [3.63, 3.8) is 0 Å². The second-order valence-corrected chi connectivity index (χ2v) is 6.18. The van der Waals surface area contributed by atoms with E-state index in [1.165, 1.54) is 27.9 Å². The Kier molecular flexibility index (Phi) is 3.94. The van der Waals surface area contributed by atoms with E-state index in [1.54, 1.807) is 0 Å². The van der Waals surface area contributed by atoms with Gasteiger partial charge in [-0.3, -0.25) is 4.98 Å². The Bertz CT molecular complexity index is 655. The Morgan fingerprint density at radius 1 is 1.40 bits per heavy atom. The summed E-state index contributed by atoms with van der Waals surface area (Å²) in [4.78, 5) is 4.88. The van der Waals surface area contributed by atoms with E-state index in [0.717, 1.165) is 36.0 Å². The van der Waals surface area contributed by atoms with Crippen molar-refractivity contribution in [2.75, 3.05) is 18.5 Å². The zero-order chi connectivity index (χ0) is 14.1. The van der Waals surface area contributed by atoms with Gasteiger partial charge in [0.05, 0.1) is 30.1 Å². The number of pyridine rings is 1. The van der Waals surface area contributed by atoms with Crippen molar-refractivity contribution in [1.82, 2.24) is 4.98 Å². The second-order valence-electron chi connectivity index (χ2n) is 5.26. The number of hydrogen-bond acceptors (Lipinski definition) is 3. The Balaban J connectivity index is 2.27. The molecule has 1 aromatic carbocycles. The van der Waals surface area contributed by atoms with Gasteiger partial charge in [0.1, 0.15) is 0 Å². The number of rotatable bonds is 3. The molecular formula is C16H19BrN2O. The van der Waals surface area contributed by atoms with Gasteiger partial charge in [0.15, 0.2) is 0 Å². The number of anilines is 1. The maximum Gasteiger partial charge on any atom is 0.0756 e. The monoisotopic (exact) mass is 334 g/mol. The van der Waals surface area contributed by atoms with E-state index in [1.807, 2.05) is 0 Å². The quantitative estimate of drug-likeness (QED) is 0.913. The second kappa shape index (κ2) is 5.70. The molecule has 4 heteroatoms. The molecular weight excluding hydrogens is 316 g/mol. The van der Waals surface area contributed by atoms with Gasteiger partial charge in [0.25, 0.3) is 0 Å². The smallest absolute Gasteiger partial charge is 0.0756 e. The predicted octanol–water partition coefficient (Wildman–Crippen LogP) is 4.20. The number of ether oxygens (including phenoxy) is 1. The van der Waals surface area contributed by atoms with E-state index < -0.39 is 0 Å². The zero-order valence-corrected chi connectivity index (χ0v) is 13.5. The molecule has 1 N–H and O–H groups in total. The SMILES string of the molecule is CCCNc1c2c(nc3c(C)cc(Br)cc13)CCOC2. The fourth-order valence-corrected chi connectivity index (χ4v) is 3.31. The van der Waals surface area contributed by atoms with E-state index in [0.29, 0.717) is 6.61 Å². The maximum atomic E-state index is 5.63. The van der Waals surface area contributed by atoms with Crippen molar-refractivity contribution >= 4 is 32.5 Å². The van der Waals surface area contributed by atoms with E-state index in [-0.39, 0.29) is 0 Å². The van der Waals surface area contributed by atoms with Crippen LogP contribution in [0.2, 0.25) is 0 Å². The van der Waals surface area contributed by atoms with Crippen LogP contribution in [-0.2, 0) is 17.8 Å². The highest BCUT2D eigenvalue weighted by Crippen LogP contribution is 2.34.